The van der Waals surface area contributed by atoms with E-state index < -0.39 is 5.92 Å². The highest BCUT2D eigenvalue weighted by molar-refractivity contribution is 5.78. The van der Waals surface area contributed by atoms with Crippen LogP contribution in [0.15, 0.2) is 18.3 Å². The van der Waals surface area contributed by atoms with Gasteiger partial charge in [-0.1, -0.05) is 0 Å². The zero-order valence-corrected chi connectivity index (χ0v) is 18.0. The molecule has 2 saturated heterocycles. The van der Waals surface area contributed by atoms with Gasteiger partial charge in [-0.2, -0.15) is 8.78 Å². The molecule has 2 aromatic heterocycles. The molecule has 0 radical (unpaired) electrons. The van der Waals surface area contributed by atoms with E-state index in [1.807, 2.05) is 11.8 Å². The maximum absolute atomic E-state index is 14.5. The van der Waals surface area contributed by atoms with Gasteiger partial charge in [0.2, 0.25) is 11.8 Å². The number of fused-ring (bicyclic) bond motifs is 1. The van der Waals surface area contributed by atoms with E-state index in [0.29, 0.717) is 41.7 Å². The number of ether oxygens (including phenoxy) is 1. The molecule has 0 spiro atoms. The maximum atomic E-state index is 14.5. The van der Waals surface area contributed by atoms with Crippen LogP contribution in [0.1, 0.15) is 31.0 Å². The van der Waals surface area contributed by atoms with Crippen LogP contribution in [0.2, 0.25) is 0 Å². The van der Waals surface area contributed by atoms with E-state index in [0.717, 1.165) is 26.1 Å². The van der Waals surface area contributed by atoms with E-state index in [-0.39, 0.29) is 37.1 Å². The van der Waals surface area contributed by atoms with Crippen LogP contribution in [0, 0.1) is 0 Å². The van der Waals surface area contributed by atoms with Gasteiger partial charge in [-0.25, -0.2) is 15.0 Å². The van der Waals surface area contributed by atoms with Crippen molar-refractivity contribution in [1.82, 2.24) is 25.2 Å². The van der Waals surface area contributed by atoms with Gasteiger partial charge in [0.25, 0.3) is 11.8 Å². The minimum atomic E-state index is -2.95. The molecule has 5 rings (SSSR count). The number of anilines is 1. The average molecular weight is 444 g/mol. The fourth-order valence-electron chi connectivity index (χ4n) is 4.34. The van der Waals surface area contributed by atoms with Crippen LogP contribution >= 0.6 is 0 Å². The lowest BCUT2D eigenvalue weighted by atomic mass is 10.1. The third-order valence-corrected chi connectivity index (χ3v) is 6.43. The Morgan fingerprint density at radius 2 is 2.06 bits per heavy atom. The number of rotatable bonds is 5. The highest BCUT2D eigenvalue weighted by atomic mass is 19.3. The van der Waals surface area contributed by atoms with Crippen LogP contribution in [0.3, 0.4) is 0 Å². The molecule has 0 aromatic carbocycles. The summed E-state index contributed by atoms with van der Waals surface area (Å²) in [5.41, 5.74) is 1.45. The van der Waals surface area contributed by atoms with Crippen molar-refractivity contribution in [2.75, 3.05) is 44.2 Å². The SMILES string of the molecule is CC1CCN1c1nc(-c2ccc(OCC(=O)N3CCNCC3)nc2)c2c(n1)C(F)(F)CC2. The summed E-state index contributed by atoms with van der Waals surface area (Å²) in [7, 11) is 0. The van der Waals surface area contributed by atoms with Gasteiger partial charge >= 0.3 is 0 Å². The first-order chi connectivity index (χ1) is 15.4. The first kappa shape index (κ1) is 21.0. The minimum Gasteiger partial charge on any atom is -0.468 e. The number of nitrogens with one attached hydrogen (secondary N) is 1. The molecule has 32 heavy (non-hydrogen) atoms. The number of amides is 1. The van der Waals surface area contributed by atoms with Crippen molar-refractivity contribution in [2.45, 2.75) is 38.2 Å². The van der Waals surface area contributed by atoms with E-state index in [1.165, 1.54) is 0 Å². The first-order valence-corrected chi connectivity index (χ1v) is 11.1. The molecule has 1 aliphatic carbocycles. The molecule has 0 saturated carbocycles. The van der Waals surface area contributed by atoms with E-state index in [4.69, 9.17) is 4.74 Å². The van der Waals surface area contributed by atoms with Crippen molar-refractivity contribution in [1.29, 1.82) is 0 Å². The molecule has 10 heteroatoms. The predicted molar refractivity (Wildman–Crippen MR) is 114 cm³/mol. The van der Waals surface area contributed by atoms with Gasteiger partial charge in [0.1, 0.15) is 5.69 Å². The molecule has 2 aliphatic heterocycles. The highest BCUT2D eigenvalue weighted by Gasteiger charge is 2.44. The Morgan fingerprint density at radius 3 is 2.72 bits per heavy atom. The molecule has 3 aliphatic rings. The molecule has 170 valence electrons. The third-order valence-electron chi connectivity index (χ3n) is 6.43. The number of hydrogen-bond acceptors (Lipinski definition) is 7. The fourth-order valence-corrected chi connectivity index (χ4v) is 4.34. The lowest BCUT2D eigenvalue weighted by Gasteiger charge is -2.39. The Labute approximate surface area is 185 Å². The second kappa shape index (κ2) is 8.23. The Hall–Kier alpha value is -2.88. The number of halogens is 2. The van der Waals surface area contributed by atoms with Crippen molar-refractivity contribution in [3.8, 4) is 17.1 Å². The Balaban J connectivity index is 1.36. The van der Waals surface area contributed by atoms with E-state index >= 15 is 0 Å². The normalized spacial score (nSPS) is 21.8. The van der Waals surface area contributed by atoms with Crippen molar-refractivity contribution < 1.29 is 18.3 Å². The van der Waals surface area contributed by atoms with E-state index in [1.54, 1.807) is 23.2 Å². The number of pyridine rings is 1. The maximum Gasteiger partial charge on any atom is 0.290 e. The second-order valence-electron chi connectivity index (χ2n) is 8.54. The smallest absolute Gasteiger partial charge is 0.290 e. The van der Waals surface area contributed by atoms with Crippen LogP contribution in [-0.2, 0) is 17.1 Å². The van der Waals surface area contributed by atoms with Gasteiger partial charge in [-0.15, -0.1) is 0 Å². The third kappa shape index (κ3) is 3.87. The van der Waals surface area contributed by atoms with Crippen LogP contribution in [0.5, 0.6) is 5.88 Å². The van der Waals surface area contributed by atoms with Gasteiger partial charge in [-0.05, 0) is 25.8 Å². The van der Waals surface area contributed by atoms with Crippen molar-refractivity contribution >= 4 is 11.9 Å². The molecule has 2 fully saturated rings. The lowest BCUT2D eigenvalue weighted by Crippen LogP contribution is -2.47. The summed E-state index contributed by atoms with van der Waals surface area (Å²) >= 11 is 0. The van der Waals surface area contributed by atoms with Crippen molar-refractivity contribution in [3.63, 3.8) is 0 Å². The van der Waals surface area contributed by atoms with Gasteiger partial charge in [0, 0.05) is 68.6 Å². The fraction of sp³-hybridized carbons (Fsp3) is 0.545. The van der Waals surface area contributed by atoms with Gasteiger partial charge in [0.15, 0.2) is 6.61 Å². The van der Waals surface area contributed by atoms with E-state index in [2.05, 4.69) is 20.3 Å². The summed E-state index contributed by atoms with van der Waals surface area (Å²) < 4.78 is 34.6. The van der Waals surface area contributed by atoms with E-state index in [9.17, 15) is 13.6 Å². The van der Waals surface area contributed by atoms with Gasteiger partial charge in [0.05, 0.1) is 5.69 Å². The van der Waals surface area contributed by atoms with Gasteiger partial charge in [-0.3, -0.25) is 4.79 Å². The van der Waals surface area contributed by atoms with Crippen LogP contribution in [0.25, 0.3) is 11.3 Å². The van der Waals surface area contributed by atoms with Crippen LogP contribution in [0.4, 0.5) is 14.7 Å². The molecule has 1 atom stereocenters. The zero-order valence-electron chi connectivity index (χ0n) is 18.0. The number of nitrogens with zero attached hydrogens (tertiary/aromatic N) is 5. The lowest BCUT2D eigenvalue weighted by molar-refractivity contribution is -0.134. The number of carbonyl (C=O) groups is 1. The number of carbonyl (C=O) groups excluding carboxylic acids is 1. The average Bonchev–Trinajstić information content (AvgIpc) is 3.11. The summed E-state index contributed by atoms with van der Waals surface area (Å²) in [6.45, 7) is 5.59. The topological polar surface area (TPSA) is 83.5 Å². The molecule has 2 aromatic rings. The Morgan fingerprint density at radius 1 is 1.25 bits per heavy atom. The predicted octanol–water partition coefficient (Wildman–Crippen LogP) is 1.99. The largest absolute Gasteiger partial charge is 0.468 e. The van der Waals surface area contributed by atoms with Crippen molar-refractivity contribution in [2.24, 2.45) is 0 Å². The standard InChI is InChI=1S/C22H26F2N6O2/c1-14-5-9-30(14)21-27-19(16-4-6-22(23,24)20(16)28-21)15-2-3-17(26-12-15)32-13-18(31)29-10-7-25-8-11-29/h2-3,12,14,25H,4-11,13H2,1H3. The number of alkyl halides is 2. The summed E-state index contributed by atoms with van der Waals surface area (Å²) in [6, 6.07) is 3.63. The zero-order chi connectivity index (χ0) is 22.3. The van der Waals surface area contributed by atoms with Crippen LogP contribution in [-0.4, -0.2) is 71.1 Å². The molecular formula is C22H26F2N6O2. The first-order valence-electron chi connectivity index (χ1n) is 11.1. The Kier molecular flexibility index (Phi) is 5.40. The summed E-state index contributed by atoms with van der Waals surface area (Å²) in [4.78, 5) is 29.2. The van der Waals surface area contributed by atoms with Crippen LogP contribution < -0.4 is 15.0 Å². The molecule has 1 unspecified atom stereocenters. The number of piperazine rings is 1. The summed E-state index contributed by atoms with van der Waals surface area (Å²) in [5, 5.41) is 3.20. The molecule has 1 N–H and O–H groups in total. The highest BCUT2D eigenvalue weighted by Crippen LogP contribution is 2.44. The van der Waals surface area contributed by atoms with Crippen molar-refractivity contribution in [3.05, 3.63) is 29.6 Å². The second-order valence-corrected chi connectivity index (χ2v) is 8.54. The molecule has 4 heterocycles. The summed E-state index contributed by atoms with van der Waals surface area (Å²) in [6.07, 6.45) is 2.52. The molecule has 0 bridgehead atoms. The minimum absolute atomic E-state index is 0.0819. The number of aromatic nitrogens is 3. The quantitative estimate of drug-likeness (QED) is 0.755. The monoisotopic (exact) mass is 444 g/mol. The number of hydrogen-bond donors (Lipinski definition) is 1. The summed E-state index contributed by atoms with van der Waals surface area (Å²) in [5.74, 6) is -2.37. The Bertz CT molecular complexity index is 1010. The molecule has 1 amide bonds. The van der Waals surface area contributed by atoms with Gasteiger partial charge < -0.3 is 19.9 Å². The molecular weight excluding hydrogens is 418 g/mol. The molecule has 8 nitrogen and oxygen atoms in total.